The molecule has 0 amide bonds. The first-order chi connectivity index (χ1) is 5.08. The Hall–Kier alpha value is 0.0995. The minimum absolute atomic E-state index is 0. The fourth-order valence-electron chi connectivity index (χ4n) is 0.598. The molecule has 0 radical (unpaired) electrons. The van der Waals surface area contributed by atoms with Crippen molar-refractivity contribution in [2.24, 2.45) is 0 Å². The molecule has 0 atom stereocenters. The first-order valence-corrected chi connectivity index (χ1v) is 5.66. The van der Waals surface area contributed by atoms with Gasteiger partial charge in [0.15, 0.2) is 0 Å². The fourth-order valence-corrected chi connectivity index (χ4v) is 1.34. The number of benzene rings is 1. The van der Waals surface area contributed by atoms with Gasteiger partial charge in [-0.1, -0.05) is 0 Å². The van der Waals surface area contributed by atoms with Crippen LogP contribution in [0.15, 0.2) is 30.3 Å². The Morgan fingerprint density at radius 1 is 1.17 bits per heavy atom. The van der Waals surface area contributed by atoms with Crippen LogP contribution < -0.4 is 3.82 Å². The Morgan fingerprint density at radius 3 is 2.08 bits per heavy atom. The summed E-state index contributed by atoms with van der Waals surface area (Å²) >= 11 is -5.06. The van der Waals surface area contributed by atoms with Gasteiger partial charge in [0.2, 0.25) is 0 Å². The van der Waals surface area contributed by atoms with E-state index in [1.165, 1.54) is 12.1 Å². The van der Waals surface area contributed by atoms with Crippen molar-refractivity contribution >= 4 is 42.9 Å². The zero-order valence-corrected chi connectivity index (χ0v) is 7.18. The van der Waals surface area contributed by atoms with Gasteiger partial charge in [0.25, 0.3) is 0 Å². The van der Waals surface area contributed by atoms with Crippen LogP contribution in [-0.4, -0.2) is 47.1 Å². The molecule has 12 heavy (non-hydrogen) atoms. The molecule has 62 valence electrons. The predicted octanol–water partition coefficient (Wildman–Crippen LogP) is -0.294. The van der Waals surface area contributed by atoms with Gasteiger partial charge < -0.3 is 0 Å². The molecule has 0 aliphatic heterocycles. The third-order valence-corrected chi connectivity index (χ3v) is 1.79. The van der Waals surface area contributed by atoms with Gasteiger partial charge in [-0.2, -0.15) is 0 Å². The van der Waals surface area contributed by atoms with Gasteiger partial charge in [0, 0.05) is 0 Å². The zero-order valence-electron chi connectivity index (χ0n) is 5.47. The molecule has 0 aromatic heterocycles. The van der Waals surface area contributed by atoms with Crippen molar-refractivity contribution in [1.82, 2.24) is 0 Å². The maximum atomic E-state index is 10.2. The average Bonchev–Trinajstić information content (AvgIpc) is 1.85. The van der Waals surface area contributed by atoms with Gasteiger partial charge in [-0.15, -0.1) is 0 Å². The predicted molar refractivity (Wildman–Crippen MR) is 43.6 cm³/mol. The van der Waals surface area contributed by atoms with Crippen LogP contribution in [0.2, 0.25) is 0 Å². The molecule has 0 heterocycles. The SMILES string of the molecule is O=[Se](=O)(O)Oc1ccccc1.[NaH]. The molecule has 0 unspecified atom stereocenters. The Balaban J connectivity index is 0.00000121. The number of para-hydroxylation sites is 1. The second kappa shape index (κ2) is 4.97. The van der Waals surface area contributed by atoms with Crippen molar-refractivity contribution < 1.29 is 15.7 Å². The van der Waals surface area contributed by atoms with E-state index in [0.29, 0.717) is 0 Å². The van der Waals surface area contributed by atoms with Crippen LogP contribution in [0.3, 0.4) is 0 Å². The summed E-state index contributed by atoms with van der Waals surface area (Å²) in [5, 5.41) is 0. The third kappa shape index (κ3) is 4.87. The van der Waals surface area contributed by atoms with Gasteiger partial charge >= 0.3 is 94.7 Å². The second-order valence-electron chi connectivity index (χ2n) is 1.82. The summed E-state index contributed by atoms with van der Waals surface area (Å²) in [6.07, 6.45) is 0. The van der Waals surface area contributed by atoms with E-state index in [9.17, 15) is 7.67 Å². The molecule has 0 saturated carbocycles. The standard InChI is InChI=1S/C6H6O4Se.Na.H/c7-11(8,9)10-6-4-2-1-3-5-6;;/h1-5H,(H,7,8,9);;. The summed E-state index contributed by atoms with van der Waals surface area (Å²) in [4.78, 5) is 0. The summed E-state index contributed by atoms with van der Waals surface area (Å²) in [6, 6.07) is 7.82. The molecule has 0 spiro atoms. The van der Waals surface area contributed by atoms with Crippen molar-refractivity contribution in [3.8, 4) is 5.75 Å². The molecule has 0 fully saturated rings. The van der Waals surface area contributed by atoms with Crippen molar-refractivity contribution in [1.29, 1.82) is 0 Å². The third-order valence-electron chi connectivity index (χ3n) is 0.945. The first-order valence-electron chi connectivity index (χ1n) is 2.80. The molecule has 6 heteroatoms. The second-order valence-corrected chi connectivity index (χ2v) is 3.97. The summed E-state index contributed by atoms with van der Waals surface area (Å²) in [5.74, 6) is 0.125. The first kappa shape index (κ1) is 12.1. The van der Waals surface area contributed by atoms with Crippen LogP contribution in [0.4, 0.5) is 0 Å². The Morgan fingerprint density at radius 2 is 1.67 bits per heavy atom. The van der Waals surface area contributed by atoms with Crippen LogP contribution in [0.5, 0.6) is 5.75 Å². The van der Waals surface area contributed by atoms with Gasteiger partial charge in [-0.25, -0.2) is 0 Å². The summed E-state index contributed by atoms with van der Waals surface area (Å²) in [7, 11) is 0. The molecular formula is C6H7NaO4Se. The number of hydrogen-bond donors (Lipinski definition) is 1. The Bertz CT molecular complexity index is 321. The number of rotatable bonds is 2. The zero-order chi connectivity index (χ0) is 8.32. The van der Waals surface area contributed by atoms with Crippen LogP contribution in [-0.2, 0) is 7.67 Å². The molecule has 1 aromatic carbocycles. The van der Waals surface area contributed by atoms with E-state index in [2.05, 4.69) is 3.82 Å². The van der Waals surface area contributed by atoms with Crippen LogP contribution >= 0.6 is 0 Å². The summed E-state index contributed by atoms with van der Waals surface area (Å²) < 4.78 is 32.9. The molecule has 1 rings (SSSR count). The molecule has 0 saturated heterocycles. The monoisotopic (exact) mass is 246 g/mol. The maximum absolute atomic E-state index is 10.2. The van der Waals surface area contributed by atoms with Gasteiger partial charge in [0.1, 0.15) is 0 Å². The molecule has 0 aliphatic rings. The molecule has 4 nitrogen and oxygen atoms in total. The molecule has 0 bridgehead atoms. The molecule has 0 aliphatic carbocycles. The van der Waals surface area contributed by atoms with Crippen molar-refractivity contribution in [2.45, 2.75) is 0 Å². The Kier molecular flexibility index (Phi) is 5.01. The van der Waals surface area contributed by atoms with Crippen molar-refractivity contribution in [3.63, 3.8) is 0 Å². The van der Waals surface area contributed by atoms with E-state index in [0.717, 1.165) is 0 Å². The van der Waals surface area contributed by atoms with Gasteiger partial charge in [0.05, 0.1) is 0 Å². The van der Waals surface area contributed by atoms with Crippen LogP contribution in [0.25, 0.3) is 0 Å². The quantitative estimate of drug-likeness (QED) is 0.727. The van der Waals surface area contributed by atoms with E-state index in [4.69, 9.17) is 4.19 Å². The molecule has 1 N–H and O–H groups in total. The van der Waals surface area contributed by atoms with E-state index in [1.54, 1.807) is 18.2 Å². The van der Waals surface area contributed by atoms with E-state index in [1.807, 2.05) is 0 Å². The molecular weight excluding hydrogens is 238 g/mol. The van der Waals surface area contributed by atoms with Crippen LogP contribution in [0.1, 0.15) is 0 Å². The van der Waals surface area contributed by atoms with Crippen molar-refractivity contribution in [2.75, 3.05) is 0 Å². The summed E-state index contributed by atoms with van der Waals surface area (Å²) in [6.45, 7) is 0. The number of hydrogen-bond acceptors (Lipinski definition) is 3. The fraction of sp³-hybridized carbons (Fsp3) is 0. The summed E-state index contributed by atoms with van der Waals surface area (Å²) in [5.41, 5.74) is 0. The molecule has 1 aromatic rings. The van der Waals surface area contributed by atoms with E-state index >= 15 is 0 Å². The van der Waals surface area contributed by atoms with Gasteiger partial charge in [-0.05, 0) is 0 Å². The normalized spacial score (nSPS) is 10.1. The van der Waals surface area contributed by atoms with E-state index < -0.39 is 13.4 Å². The Labute approximate surface area is 94.1 Å². The van der Waals surface area contributed by atoms with Crippen LogP contribution in [0, 0.1) is 0 Å². The van der Waals surface area contributed by atoms with Crippen molar-refractivity contribution in [3.05, 3.63) is 30.3 Å². The topological polar surface area (TPSA) is 63.6 Å². The average molecular weight is 245 g/mol. The van der Waals surface area contributed by atoms with Gasteiger partial charge in [-0.3, -0.25) is 0 Å². The minimum atomic E-state index is -5.06. The van der Waals surface area contributed by atoms with E-state index in [-0.39, 0.29) is 35.3 Å².